The molecule has 1 fully saturated rings. The molecule has 1 saturated heterocycles. The molecule has 2 aromatic rings. The van der Waals surface area contributed by atoms with Crippen LogP contribution in [-0.2, 0) is 10.2 Å². The van der Waals surface area contributed by atoms with Crippen molar-refractivity contribution in [1.82, 2.24) is 8.61 Å². The second-order valence-electron chi connectivity index (χ2n) is 6.59. The fourth-order valence-electron chi connectivity index (χ4n) is 3.23. The first kappa shape index (κ1) is 17.9. The highest BCUT2D eigenvalue weighted by atomic mass is 32.2. The third-order valence-corrected chi connectivity index (χ3v) is 6.78. The van der Waals surface area contributed by atoms with Crippen molar-refractivity contribution in [1.29, 1.82) is 0 Å². The van der Waals surface area contributed by atoms with Gasteiger partial charge in [-0.25, -0.2) is 0 Å². The molecule has 4 nitrogen and oxygen atoms in total. The molecule has 5 heteroatoms. The van der Waals surface area contributed by atoms with Crippen LogP contribution < -0.4 is 0 Å². The Labute approximate surface area is 150 Å². The van der Waals surface area contributed by atoms with E-state index >= 15 is 0 Å². The minimum Gasteiger partial charge on any atom is -0.195 e. The lowest BCUT2D eigenvalue weighted by molar-refractivity contribution is 0.475. The van der Waals surface area contributed by atoms with E-state index < -0.39 is 10.2 Å². The Morgan fingerprint density at radius 1 is 0.920 bits per heavy atom. The van der Waals surface area contributed by atoms with E-state index in [-0.39, 0.29) is 12.1 Å². The third-order valence-electron chi connectivity index (χ3n) is 4.87. The van der Waals surface area contributed by atoms with Crippen LogP contribution in [0.5, 0.6) is 0 Å². The molecule has 0 spiro atoms. The first-order chi connectivity index (χ1) is 11.9. The van der Waals surface area contributed by atoms with E-state index in [1.165, 1.54) is 4.31 Å². The van der Waals surface area contributed by atoms with Crippen molar-refractivity contribution in [2.75, 3.05) is 14.1 Å². The molecule has 3 rings (SSSR count). The maximum atomic E-state index is 12.8. The van der Waals surface area contributed by atoms with Gasteiger partial charge in [0.2, 0.25) is 0 Å². The minimum atomic E-state index is -3.48. The average Bonchev–Trinajstić information content (AvgIpc) is 3.38. The second kappa shape index (κ2) is 6.75. The summed E-state index contributed by atoms with van der Waals surface area (Å²) in [5.74, 6) is 0. The first-order valence-electron chi connectivity index (χ1n) is 8.34. The average molecular weight is 356 g/mol. The van der Waals surface area contributed by atoms with Gasteiger partial charge in [-0.2, -0.15) is 17.0 Å². The fourth-order valence-corrected chi connectivity index (χ4v) is 4.64. The summed E-state index contributed by atoms with van der Waals surface area (Å²) >= 11 is 0. The summed E-state index contributed by atoms with van der Waals surface area (Å²) in [6, 6.07) is 19.7. The normalized spacial score (nSPS) is 24.1. The molecule has 0 N–H and O–H groups in total. The number of nitrogens with zero attached hydrogens (tertiary/aromatic N) is 2. The lowest BCUT2D eigenvalue weighted by Gasteiger charge is -2.14. The number of hydrogen-bond donors (Lipinski definition) is 0. The number of hydrogen-bond acceptors (Lipinski definition) is 2. The van der Waals surface area contributed by atoms with Crippen LogP contribution in [0.4, 0.5) is 0 Å². The van der Waals surface area contributed by atoms with Gasteiger partial charge < -0.3 is 0 Å². The lowest BCUT2D eigenvalue weighted by Crippen LogP contribution is -2.30. The zero-order chi connectivity index (χ0) is 18.2. The smallest absolute Gasteiger partial charge is 0.195 e. The van der Waals surface area contributed by atoms with Gasteiger partial charge in [0.1, 0.15) is 0 Å². The molecule has 0 amide bonds. The quantitative estimate of drug-likeness (QED) is 0.766. The van der Waals surface area contributed by atoms with Crippen LogP contribution in [0.1, 0.15) is 31.0 Å². The Balaban J connectivity index is 2.03. The molecule has 1 heterocycles. The Bertz CT molecular complexity index is 874. The van der Waals surface area contributed by atoms with E-state index in [1.807, 2.05) is 55.5 Å². The summed E-state index contributed by atoms with van der Waals surface area (Å²) in [5, 5.41) is 0. The molecule has 1 aliphatic heterocycles. The van der Waals surface area contributed by atoms with Crippen LogP contribution in [0.25, 0.3) is 5.57 Å². The first-order valence-corrected chi connectivity index (χ1v) is 9.74. The van der Waals surface area contributed by atoms with Gasteiger partial charge in [0.15, 0.2) is 0 Å². The minimum absolute atomic E-state index is 0.144. The van der Waals surface area contributed by atoms with Crippen LogP contribution in [0.3, 0.4) is 0 Å². The van der Waals surface area contributed by atoms with E-state index in [9.17, 15) is 8.42 Å². The molecule has 2 aromatic carbocycles. The molecule has 25 heavy (non-hydrogen) atoms. The third kappa shape index (κ3) is 3.27. The summed E-state index contributed by atoms with van der Waals surface area (Å²) < 4.78 is 28.4. The molecule has 132 valence electrons. The zero-order valence-corrected chi connectivity index (χ0v) is 15.9. The van der Waals surface area contributed by atoms with Crippen molar-refractivity contribution in [3.8, 4) is 0 Å². The summed E-state index contributed by atoms with van der Waals surface area (Å²) in [4.78, 5) is 0. The van der Waals surface area contributed by atoms with E-state index in [2.05, 4.69) is 19.1 Å². The second-order valence-corrected chi connectivity index (χ2v) is 8.64. The van der Waals surface area contributed by atoms with E-state index in [1.54, 1.807) is 18.4 Å². The maximum Gasteiger partial charge on any atom is 0.282 e. The summed E-state index contributed by atoms with van der Waals surface area (Å²) in [6.07, 6.45) is 0. The molecule has 0 aliphatic carbocycles. The van der Waals surface area contributed by atoms with Crippen LogP contribution >= 0.6 is 0 Å². The van der Waals surface area contributed by atoms with Crippen LogP contribution in [0.2, 0.25) is 0 Å². The molecule has 0 radical (unpaired) electrons. The van der Waals surface area contributed by atoms with Crippen molar-refractivity contribution < 1.29 is 8.42 Å². The van der Waals surface area contributed by atoms with Gasteiger partial charge in [0.25, 0.3) is 10.2 Å². The Morgan fingerprint density at radius 3 is 1.96 bits per heavy atom. The molecule has 1 unspecified atom stereocenters. The predicted octanol–water partition coefficient (Wildman–Crippen LogP) is 3.71. The highest BCUT2D eigenvalue weighted by Gasteiger charge is 2.57. The zero-order valence-electron chi connectivity index (χ0n) is 15.0. The maximum absolute atomic E-state index is 12.8. The monoisotopic (exact) mass is 356 g/mol. The SMILES string of the molecule is C/C(=C(/C)[C@@H]1[C@@H](c2ccccc2)N1S(=O)(=O)N(C)C)c1ccccc1. The van der Waals surface area contributed by atoms with E-state index in [0.29, 0.717) is 0 Å². The van der Waals surface area contributed by atoms with Crippen molar-refractivity contribution in [2.45, 2.75) is 25.9 Å². The van der Waals surface area contributed by atoms with Crippen molar-refractivity contribution in [2.24, 2.45) is 0 Å². The number of allylic oxidation sites excluding steroid dienone is 1. The predicted molar refractivity (Wildman–Crippen MR) is 102 cm³/mol. The number of rotatable bonds is 5. The lowest BCUT2D eigenvalue weighted by atomic mass is 9.97. The van der Waals surface area contributed by atoms with Crippen molar-refractivity contribution in [3.63, 3.8) is 0 Å². The fraction of sp³-hybridized carbons (Fsp3) is 0.300. The van der Waals surface area contributed by atoms with Crippen LogP contribution in [-0.4, -0.2) is 37.2 Å². The summed E-state index contributed by atoms with van der Waals surface area (Å²) in [5.41, 5.74) is 4.37. The van der Waals surface area contributed by atoms with Gasteiger partial charge in [-0.3, -0.25) is 0 Å². The molecular formula is C20H24N2O2S. The largest absolute Gasteiger partial charge is 0.282 e. The summed E-state index contributed by atoms with van der Waals surface area (Å²) in [7, 11) is -0.320. The van der Waals surface area contributed by atoms with Crippen molar-refractivity contribution in [3.05, 3.63) is 77.4 Å². The van der Waals surface area contributed by atoms with Crippen LogP contribution in [0.15, 0.2) is 66.2 Å². The highest BCUT2D eigenvalue weighted by molar-refractivity contribution is 7.87. The van der Waals surface area contributed by atoms with Gasteiger partial charge in [-0.05, 0) is 36.1 Å². The molecular weight excluding hydrogens is 332 g/mol. The Kier molecular flexibility index (Phi) is 4.82. The van der Waals surface area contributed by atoms with Crippen molar-refractivity contribution >= 4 is 15.8 Å². The topological polar surface area (TPSA) is 40.4 Å². The molecule has 1 aliphatic rings. The van der Waals surface area contributed by atoms with E-state index in [4.69, 9.17) is 0 Å². The van der Waals surface area contributed by atoms with Gasteiger partial charge in [0.05, 0.1) is 12.1 Å². The molecule has 0 saturated carbocycles. The summed E-state index contributed by atoms with van der Waals surface area (Å²) in [6.45, 7) is 4.10. The van der Waals surface area contributed by atoms with E-state index in [0.717, 1.165) is 22.3 Å². The van der Waals surface area contributed by atoms with Gasteiger partial charge in [0, 0.05) is 14.1 Å². The van der Waals surface area contributed by atoms with Gasteiger partial charge >= 0.3 is 0 Å². The van der Waals surface area contributed by atoms with Gasteiger partial charge in [-0.1, -0.05) is 60.7 Å². The highest BCUT2D eigenvalue weighted by Crippen LogP contribution is 2.51. The molecule has 3 atom stereocenters. The molecule has 0 aromatic heterocycles. The van der Waals surface area contributed by atoms with Crippen LogP contribution in [0, 0.1) is 0 Å². The Morgan fingerprint density at radius 2 is 1.44 bits per heavy atom. The molecule has 0 bridgehead atoms. The Hall–Kier alpha value is -1.95. The van der Waals surface area contributed by atoms with Gasteiger partial charge in [-0.15, -0.1) is 0 Å². The number of benzene rings is 2. The standard InChI is InChI=1S/C20H24N2O2S/c1-15(17-11-7-5-8-12-17)16(2)19-20(18-13-9-6-10-14-18)22(19)25(23,24)21(3)4/h5-14,19-20H,1-4H3/b16-15+/t19-,20-,22?/m1/s1.